The first-order valence-corrected chi connectivity index (χ1v) is 5.37. The Hall–Kier alpha value is -1.58. The van der Waals surface area contributed by atoms with Crippen molar-refractivity contribution in [2.24, 2.45) is 11.1 Å². The fraction of sp³-hybridized carbons (Fsp3) is 0.500. The average Bonchev–Trinajstić information content (AvgIpc) is 2.17. The van der Waals surface area contributed by atoms with E-state index in [2.05, 4.69) is 32.7 Å². The molecule has 0 radical (unpaired) electrons. The minimum Gasteiger partial charge on any atom is -0.370 e. The van der Waals surface area contributed by atoms with Crippen LogP contribution in [0.2, 0.25) is 0 Å². The number of aromatic nitrogens is 1. The van der Waals surface area contributed by atoms with Gasteiger partial charge in [0, 0.05) is 24.1 Å². The summed E-state index contributed by atoms with van der Waals surface area (Å²) in [5, 5.41) is 7.68. The van der Waals surface area contributed by atoms with Gasteiger partial charge in [0.25, 0.3) is 0 Å². The molecule has 4 nitrogen and oxygen atoms in total. The van der Waals surface area contributed by atoms with E-state index < -0.39 is 0 Å². The first-order chi connectivity index (χ1) is 7.34. The van der Waals surface area contributed by atoms with E-state index in [0.717, 1.165) is 5.69 Å². The maximum Gasteiger partial charge on any atom is 0.193 e. The normalized spacial score (nSPS) is 13.2. The minimum atomic E-state index is 0.0505. The van der Waals surface area contributed by atoms with Crippen LogP contribution < -0.4 is 10.6 Å². The lowest BCUT2D eigenvalue weighted by atomic mass is 9.87. The molecule has 3 N–H and O–H groups in total. The Morgan fingerprint density at radius 3 is 2.25 bits per heavy atom. The van der Waals surface area contributed by atoms with Crippen molar-refractivity contribution >= 4 is 11.6 Å². The molecular formula is C12H20N4. The van der Waals surface area contributed by atoms with Crippen LogP contribution in [-0.2, 0) is 0 Å². The maximum absolute atomic E-state index is 7.68. The van der Waals surface area contributed by atoms with Gasteiger partial charge in [-0.2, -0.15) is 0 Å². The highest BCUT2D eigenvalue weighted by atomic mass is 15.3. The maximum atomic E-state index is 7.68. The molecule has 0 aliphatic heterocycles. The van der Waals surface area contributed by atoms with Gasteiger partial charge in [-0.05, 0) is 24.5 Å². The van der Waals surface area contributed by atoms with Crippen molar-refractivity contribution in [3.63, 3.8) is 0 Å². The summed E-state index contributed by atoms with van der Waals surface area (Å²) in [5.41, 5.74) is 6.61. The molecule has 0 spiro atoms. The van der Waals surface area contributed by atoms with Gasteiger partial charge in [0.15, 0.2) is 5.96 Å². The SMILES string of the molecule is CC(N(C(=N)N)c1ccncc1)C(C)(C)C. The van der Waals surface area contributed by atoms with E-state index in [1.54, 1.807) is 12.4 Å². The lowest BCUT2D eigenvalue weighted by Crippen LogP contribution is -2.48. The number of nitrogens with zero attached hydrogens (tertiary/aromatic N) is 2. The standard InChI is InChI=1S/C12H20N4/c1-9(12(2,3)4)16(11(13)14)10-5-7-15-8-6-10/h5-9H,1-4H3,(H3,13,14). The van der Waals surface area contributed by atoms with Crippen LogP contribution in [0, 0.1) is 10.8 Å². The largest absolute Gasteiger partial charge is 0.370 e. The molecule has 1 aromatic rings. The minimum absolute atomic E-state index is 0.0505. The van der Waals surface area contributed by atoms with Crippen LogP contribution in [0.15, 0.2) is 24.5 Å². The van der Waals surface area contributed by atoms with Gasteiger partial charge in [-0.25, -0.2) is 0 Å². The molecule has 1 heterocycles. The van der Waals surface area contributed by atoms with Crippen LogP contribution in [0.5, 0.6) is 0 Å². The number of anilines is 1. The zero-order valence-electron chi connectivity index (χ0n) is 10.4. The smallest absolute Gasteiger partial charge is 0.193 e. The van der Waals surface area contributed by atoms with Crippen molar-refractivity contribution in [2.45, 2.75) is 33.7 Å². The van der Waals surface area contributed by atoms with Gasteiger partial charge in [0.2, 0.25) is 0 Å². The molecule has 0 bridgehead atoms. The Labute approximate surface area is 97.0 Å². The average molecular weight is 220 g/mol. The summed E-state index contributed by atoms with van der Waals surface area (Å²) in [5.74, 6) is 0.0635. The zero-order chi connectivity index (χ0) is 12.3. The summed E-state index contributed by atoms with van der Waals surface area (Å²) in [7, 11) is 0. The number of hydrogen-bond acceptors (Lipinski definition) is 2. The highest BCUT2D eigenvalue weighted by molar-refractivity contribution is 5.93. The molecule has 1 aromatic heterocycles. The van der Waals surface area contributed by atoms with Gasteiger partial charge in [0.1, 0.15) is 0 Å². The van der Waals surface area contributed by atoms with Crippen LogP contribution in [0.3, 0.4) is 0 Å². The topological polar surface area (TPSA) is 66.0 Å². The Balaban J connectivity index is 3.07. The Morgan fingerprint density at radius 1 is 1.38 bits per heavy atom. The van der Waals surface area contributed by atoms with Crippen molar-refractivity contribution in [2.75, 3.05) is 4.90 Å². The van der Waals surface area contributed by atoms with E-state index >= 15 is 0 Å². The fourth-order valence-electron chi connectivity index (χ4n) is 1.46. The van der Waals surface area contributed by atoms with Crippen LogP contribution in [-0.4, -0.2) is 17.0 Å². The van der Waals surface area contributed by atoms with Gasteiger partial charge in [0.05, 0.1) is 0 Å². The molecular weight excluding hydrogens is 200 g/mol. The number of nitrogens with one attached hydrogen (secondary N) is 1. The van der Waals surface area contributed by atoms with Crippen LogP contribution >= 0.6 is 0 Å². The second-order valence-corrected chi connectivity index (χ2v) is 5.00. The lowest BCUT2D eigenvalue weighted by molar-refractivity contribution is 0.339. The number of hydrogen-bond donors (Lipinski definition) is 2. The molecule has 1 atom stereocenters. The molecule has 0 fully saturated rings. The van der Waals surface area contributed by atoms with Crippen molar-refractivity contribution in [3.8, 4) is 0 Å². The summed E-state index contributed by atoms with van der Waals surface area (Å²) in [6.07, 6.45) is 3.42. The van der Waals surface area contributed by atoms with E-state index in [1.165, 1.54) is 0 Å². The van der Waals surface area contributed by atoms with Gasteiger partial charge in [-0.1, -0.05) is 20.8 Å². The van der Waals surface area contributed by atoms with Gasteiger partial charge in [-0.3, -0.25) is 10.4 Å². The third-order valence-electron chi connectivity index (χ3n) is 2.84. The van der Waals surface area contributed by atoms with E-state index in [9.17, 15) is 0 Å². The fourth-order valence-corrected chi connectivity index (χ4v) is 1.46. The van der Waals surface area contributed by atoms with E-state index in [4.69, 9.17) is 11.1 Å². The second kappa shape index (κ2) is 4.51. The number of nitrogens with two attached hydrogens (primary N) is 1. The molecule has 88 valence electrons. The van der Waals surface area contributed by atoms with Crippen LogP contribution in [0.4, 0.5) is 5.69 Å². The summed E-state index contributed by atoms with van der Waals surface area (Å²) in [6.45, 7) is 8.47. The lowest BCUT2D eigenvalue weighted by Gasteiger charge is -2.38. The molecule has 1 unspecified atom stereocenters. The molecule has 0 saturated heterocycles. The molecule has 4 heteroatoms. The van der Waals surface area contributed by atoms with Crippen molar-refractivity contribution in [1.29, 1.82) is 5.41 Å². The van der Waals surface area contributed by atoms with Gasteiger partial charge < -0.3 is 10.6 Å². The predicted molar refractivity (Wildman–Crippen MR) is 67.5 cm³/mol. The van der Waals surface area contributed by atoms with Gasteiger partial charge >= 0.3 is 0 Å². The highest BCUT2D eigenvalue weighted by Gasteiger charge is 2.28. The Kier molecular flexibility index (Phi) is 3.52. The zero-order valence-corrected chi connectivity index (χ0v) is 10.4. The summed E-state index contributed by atoms with van der Waals surface area (Å²) in [6, 6.07) is 3.88. The summed E-state index contributed by atoms with van der Waals surface area (Å²) < 4.78 is 0. The molecule has 0 aliphatic carbocycles. The van der Waals surface area contributed by atoms with Crippen molar-refractivity contribution in [3.05, 3.63) is 24.5 Å². The monoisotopic (exact) mass is 220 g/mol. The third-order valence-corrected chi connectivity index (χ3v) is 2.84. The van der Waals surface area contributed by atoms with Crippen molar-refractivity contribution < 1.29 is 0 Å². The molecule has 16 heavy (non-hydrogen) atoms. The van der Waals surface area contributed by atoms with Crippen LogP contribution in [0.25, 0.3) is 0 Å². The number of rotatable bonds is 2. The molecule has 1 rings (SSSR count). The summed E-state index contributed by atoms with van der Waals surface area (Å²) in [4.78, 5) is 5.79. The summed E-state index contributed by atoms with van der Waals surface area (Å²) >= 11 is 0. The van der Waals surface area contributed by atoms with E-state index in [0.29, 0.717) is 0 Å². The Bertz CT molecular complexity index is 353. The highest BCUT2D eigenvalue weighted by Crippen LogP contribution is 2.27. The molecule has 0 amide bonds. The second-order valence-electron chi connectivity index (χ2n) is 5.00. The predicted octanol–water partition coefficient (Wildman–Crippen LogP) is 2.22. The molecule has 0 saturated carbocycles. The van der Waals surface area contributed by atoms with Crippen molar-refractivity contribution in [1.82, 2.24) is 4.98 Å². The first-order valence-electron chi connectivity index (χ1n) is 5.37. The Morgan fingerprint density at radius 2 is 1.88 bits per heavy atom. The first kappa shape index (κ1) is 12.5. The molecule has 0 aromatic carbocycles. The van der Waals surface area contributed by atoms with Crippen LogP contribution in [0.1, 0.15) is 27.7 Å². The number of guanidine groups is 1. The quantitative estimate of drug-likeness (QED) is 0.593. The number of pyridine rings is 1. The third kappa shape index (κ3) is 2.72. The van der Waals surface area contributed by atoms with Gasteiger partial charge in [-0.15, -0.1) is 0 Å². The van der Waals surface area contributed by atoms with E-state index in [-0.39, 0.29) is 17.4 Å². The molecule has 0 aliphatic rings. The van der Waals surface area contributed by atoms with E-state index in [1.807, 2.05) is 17.0 Å².